The Labute approximate surface area is 149 Å². The average Bonchev–Trinajstić information content (AvgIpc) is 2.64. The minimum atomic E-state index is 0.782. The van der Waals surface area contributed by atoms with Crippen LogP contribution in [-0.2, 0) is 19.6 Å². The maximum atomic E-state index is 4.46. The Morgan fingerprint density at radius 3 is 1.48 bits per heavy atom. The van der Waals surface area contributed by atoms with E-state index in [9.17, 15) is 0 Å². The van der Waals surface area contributed by atoms with E-state index in [0.717, 1.165) is 43.4 Å². The van der Waals surface area contributed by atoms with E-state index in [-0.39, 0.29) is 0 Å². The van der Waals surface area contributed by atoms with Crippen molar-refractivity contribution in [1.82, 2.24) is 24.8 Å². The summed E-state index contributed by atoms with van der Waals surface area (Å²) in [6, 6.07) is 18.1. The predicted molar refractivity (Wildman–Crippen MR) is 98.3 cm³/mol. The first-order valence-corrected chi connectivity index (χ1v) is 8.40. The van der Waals surface area contributed by atoms with Gasteiger partial charge in [0.25, 0.3) is 0 Å². The molecule has 128 valence electrons. The summed E-state index contributed by atoms with van der Waals surface area (Å²) in [7, 11) is 2.11. The fraction of sp³-hybridized carbons (Fsp3) is 0.250. The first kappa shape index (κ1) is 17.2. The minimum absolute atomic E-state index is 0.782. The molecule has 0 aromatic carbocycles. The zero-order valence-electron chi connectivity index (χ0n) is 14.5. The van der Waals surface area contributed by atoms with Crippen LogP contribution in [0.2, 0.25) is 0 Å². The third-order valence-electron chi connectivity index (χ3n) is 3.82. The Morgan fingerprint density at radius 2 is 1.08 bits per heavy atom. The molecule has 0 bridgehead atoms. The summed E-state index contributed by atoms with van der Waals surface area (Å²) in [6.07, 6.45) is 5.51. The van der Waals surface area contributed by atoms with Crippen molar-refractivity contribution >= 4 is 0 Å². The molecule has 0 unspecified atom stereocenters. The van der Waals surface area contributed by atoms with Crippen molar-refractivity contribution in [1.29, 1.82) is 0 Å². The zero-order valence-corrected chi connectivity index (χ0v) is 14.5. The van der Waals surface area contributed by atoms with Gasteiger partial charge in [0, 0.05) is 38.2 Å². The number of hydrogen-bond acceptors (Lipinski definition) is 5. The number of rotatable bonds is 8. The molecule has 5 heteroatoms. The normalized spacial score (nSPS) is 11.2. The molecule has 3 heterocycles. The van der Waals surface area contributed by atoms with E-state index in [4.69, 9.17) is 0 Å². The predicted octanol–water partition coefficient (Wildman–Crippen LogP) is 2.96. The molecule has 0 atom stereocenters. The lowest BCUT2D eigenvalue weighted by Gasteiger charge is -2.27. The number of nitrogens with zero attached hydrogens (tertiary/aromatic N) is 5. The molecule has 0 spiro atoms. The lowest BCUT2D eigenvalue weighted by Crippen LogP contribution is -2.35. The van der Waals surface area contributed by atoms with E-state index in [1.165, 1.54) is 0 Å². The molecule has 0 fully saturated rings. The fourth-order valence-electron chi connectivity index (χ4n) is 2.76. The minimum Gasteiger partial charge on any atom is -0.288 e. The molecule has 0 N–H and O–H groups in total. The third kappa shape index (κ3) is 5.74. The Bertz CT molecular complexity index is 692. The van der Waals surface area contributed by atoms with E-state index in [0.29, 0.717) is 0 Å². The van der Waals surface area contributed by atoms with Gasteiger partial charge in [-0.25, -0.2) is 0 Å². The molecule has 3 rings (SSSR count). The van der Waals surface area contributed by atoms with Gasteiger partial charge >= 0.3 is 0 Å². The molecule has 3 aromatic heterocycles. The zero-order chi connectivity index (χ0) is 17.3. The van der Waals surface area contributed by atoms with Crippen LogP contribution in [0.15, 0.2) is 73.2 Å². The van der Waals surface area contributed by atoms with Gasteiger partial charge in [-0.1, -0.05) is 18.2 Å². The van der Waals surface area contributed by atoms with Crippen LogP contribution in [0.4, 0.5) is 0 Å². The van der Waals surface area contributed by atoms with Crippen molar-refractivity contribution in [3.8, 4) is 0 Å². The van der Waals surface area contributed by atoms with Gasteiger partial charge in [0.15, 0.2) is 0 Å². The number of pyridine rings is 3. The van der Waals surface area contributed by atoms with Crippen molar-refractivity contribution < 1.29 is 0 Å². The maximum absolute atomic E-state index is 4.46. The topological polar surface area (TPSA) is 45.2 Å². The van der Waals surface area contributed by atoms with Crippen LogP contribution in [0.3, 0.4) is 0 Å². The van der Waals surface area contributed by atoms with Gasteiger partial charge in [0.2, 0.25) is 0 Å². The SMILES string of the molecule is CN(Cc1ccccn1)CN(Cc1ccccn1)Cc1ccccn1. The standard InChI is InChI=1S/C20H23N5/c1-24(14-18-8-2-5-11-21-18)17-25(15-19-9-3-6-12-22-19)16-20-10-4-7-13-23-20/h2-13H,14-17H2,1H3. The number of hydrogen-bond donors (Lipinski definition) is 0. The monoisotopic (exact) mass is 333 g/mol. The second-order valence-corrected chi connectivity index (χ2v) is 6.11. The van der Waals surface area contributed by atoms with Crippen LogP contribution in [-0.4, -0.2) is 38.5 Å². The highest BCUT2D eigenvalue weighted by Crippen LogP contribution is 2.09. The van der Waals surface area contributed by atoms with Gasteiger partial charge in [0.05, 0.1) is 23.8 Å². The first-order valence-electron chi connectivity index (χ1n) is 8.40. The highest BCUT2D eigenvalue weighted by molar-refractivity contribution is 5.06. The Balaban J connectivity index is 1.66. The fourth-order valence-corrected chi connectivity index (χ4v) is 2.76. The summed E-state index contributed by atoms with van der Waals surface area (Å²) in [5, 5.41) is 0. The summed E-state index contributed by atoms with van der Waals surface area (Å²) in [6.45, 7) is 3.18. The lowest BCUT2D eigenvalue weighted by atomic mass is 10.3. The van der Waals surface area contributed by atoms with Gasteiger partial charge in [-0.3, -0.25) is 24.8 Å². The largest absolute Gasteiger partial charge is 0.288 e. The van der Waals surface area contributed by atoms with Crippen LogP contribution in [0.1, 0.15) is 17.1 Å². The number of aromatic nitrogens is 3. The van der Waals surface area contributed by atoms with Gasteiger partial charge < -0.3 is 0 Å². The van der Waals surface area contributed by atoms with Gasteiger partial charge in [0.1, 0.15) is 0 Å². The molecule has 0 amide bonds. The molecule has 25 heavy (non-hydrogen) atoms. The average molecular weight is 333 g/mol. The Hall–Kier alpha value is -2.63. The Kier molecular flexibility index (Phi) is 6.20. The summed E-state index contributed by atoms with van der Waals surface area (Å²) >= 11 is 0. The third-order valence-corrected chi connectivity index (χ3v) is 3.82. The highest BCUT2D eigenvalue weighted by atomic mass is 15.3. The van der Waals surface area contributed by atoms with Crippen LogP contribution >= 0.6 is 0 Å². The van der Waals surface area contributed by atoms with Crippen molar-refractivity contribution in [2.45, 2.75) is 19.6 Å². The van der Waals surface area contributed by atoms with Crippen LogP contribution in [0, 0.1) is 0 Å². The van der Waals surface area contributed by atoms with Crippen LogP contribution in [0.25, 0.3) is 0 Å². The molecule has 0 aliphatic carbocycles. The second kappa shape index (κ2) is 9.01. The van der Waals surface area contributed by atoms with Crippen molar-refractivity contribution in [3.63, 3.8) is 0 Å². The summed E-state index contributed by atoms with van der Waals surface area (Å²) in [5.74, 6) is 0. The van der Waals surface area contributed by atoms with Crippen LogP contribution in [0.5, 0.6) is 0 Å². The molecular formula is C20H23N5. The van der Waals surface area contributed by atoms with Crippen molar-refractivity contribution in [3.05, 3.63) is 90.3 Å². The van der Waals surface area contributed by atoms with Crippen molar-refractivity contribution in [2.24, 2.45) is 0 Å². The molecule has 0 aliphatic heterocycles. The molecule has 0 aliphatic rings. The summed E-state index contributed by atoms with van der Waals surface area (Å²) in [4.78, 5) is 17.9. The van der Waals surface area contributed by atoms with E-state index in [1.54, 1.807) is 0 Å². The van der Waals surface area contributed by atoms with E-state index < -0.39 is 0 Å². The lowest BCUT2D eigenvalue weighted by molar-refractivity contribution is 0.132. The molecule has 0 saturated heterocycles. The van der Waals surface area contributed by atoms with Gasteiger partial charge in [-0.15, -0.1) is 0 Å². The van der Waals surface area contributed by atoms with Crippen molar-refractivity contribution in [2.75, 3.05) is 13.7 Å². The van der Waals surface area contributed by atoms with E-state index >= 15 is 0 Å². The van der Waals surface area contributed by atoms with Crippen LogP contribution < -0.4 is 0 Å². The summed E-state index contributed by atoms with van der Waals surface area (Å²) in [5.41, 5.74) is 3.19. The van der Waals surface area contributed by atoms with E-state index in [2.05, 4.69) is 50.0 Å². The van der Waals surface area contributed by atoms with E-state index in [1.807, 2.05) is 55.0 Å². The quantitative estimate of drug-likeness (QED) is 0.593. The summed E-state index contributed by atoms with van der Waals surface area (Å²) < 4.78 is 0. The second-order valence-electron chi connectivity index (χ2n) is 6.11. The molecule has 3 aromatic rings. The highest BCUT2D eigenvalue weighted by Gasteiger charge is 2.12. The Morgan fingerprint density at radius 1 is 0.640 bits per heavy atom. The van der Waals surface area contributed by atoms with Gasteiger partial charge in [-0.05, 0) is 43.4 Å². The smallest absolute Gasteiger partial charge is 0.0544 e. The first-order chi connectivity index (χ1) is 12.3. The molecule has 0 radical (unpaired) electrons. The van der Waals surface area contributed by atoms with Gasteiger partial charge in [-0.2, -0.15) is 0 Å². The maximum Gasteiger partial charge on any atom is 0.0544 e. The molecular weight excluding hydrogens is 310 g/mol. The molecule has 5 nitrogen and oxygen atoms in total. The molecule has 0 saturated carbocycles.